The quantitative estimate of drug-likeness (QED) is 0.656. The van der Waals surface area contributed by atoms with Crippen LogP contribution in [0.2, 0.25) is 0 Å². The summed E-state index contributed by atoms with van der Waals surface area (Å²) in [5.74, 6) is 0.957. The van der Waals surface area contributed by atoms with Gasteiger partial charge in [0.2, 0.25) is 0 Å². The molecule has 72 valence electrons. The molecule has 1 aliphatic rings. The van der Waals surface area contributed by atoms with E-state index < -0.39 is 0 Å². The van der Waals surface area contributed by atoms with Gasteiger partial charge in [-0.05, 0) is 45.6 Å². The van der Waals surface area contributed by atoms with Crippen molar-refractivity contribution in [1.29, 1.82) is 0 Å². The van der Waals surface area contributed by atoms with Crippen LogP contribution in [0.5, 0.6) is 0 Å². The van der Waals surface area contributed by atoms with E-state index in [1.807, 2.05) is 0 Å². The van der Waals surface area contributed by atoms with Crippen LogP contribution in [-0.2, 0) is 0 Å². The molecule has 2 atom stereocenters. The second kappa shape index (κ2) is 5.08. The maximum atomic E-state index is 5.90. The zero-order valence-corrected chi connectivity index (χ0v) is 8.90. The summed E-state index contributed by atoms with van der Waals surface area (Å²) in [7, 11) is 0. The second-order valence-electron chi connectivity index (χ2n) is 4.12. The Kier molecular flexibility index (Phi) is 4.38. The normalized spacial score (nSPS) is 23.2. The summed E-state index contributed by atoms with van der Waals surface area (Å²) in [5.41, 5.74) is 0. The lowest BCUT2D eigenvalue weighted by Crippen LogP contribution is -2.34. The average Bonchev–Trinajstić information content (AvgIpc) is 1.81. The highest BCUT2D eigenvalue weighted by Crippen LogP contribution is 2.25. The third-order valence-corrected chi connectivity index (χ3v) is 2.84. The van der Waals surface area contributed by atoms with E-state index in [0.717, 1.165) is 12.3 Å². The highest BCUT2D eigenvalue weighted by molar-refractivity contribution is 6.20. The molecule has 1 N–H and O–H groups in total. The average molecular weight is 190 g/mol. The lowest BCUT2D eigenvalue weighted by atomic mass is 9.85. The Morgan fingerprint density at radius 3 is 2.50 bits per heavy atom. The Hall–Kier alpha value is 0.250. The van der Waals surface area contributed by atoms with Gasteiger partial charge in [-0.3, -0.25) is 0 Å². The Morgan fingerprint density at radius 1 is 1.42 bits per heavy atom. The van der Waals surface area contributed by atoms with Crippen LogP contribution < -0.4 is 5.32 Å². The molecule has 0 aromatic rings. The first-order chi connectivity index (χ1) is 5.68. The smallest absolute Gasteiger partial charge is 0.0322 e. The highest BCUT2D eigenvalue weighted by atomic mass is 35.5. The summed E-state index contributed by atoms with van der Waals surface area (Å²) in [6.45, 7) is 5.48. The molecular formula is C10H20ClN. The SMILES string of the molecule is CC(Cl)CC(C)NCC1CCC1. The van der Waals surface area contributed by atoms with Gasteiger partial charge in [0, 0.05) is 11.4 Å². The fourth-order valence-corrected chi connectivity index (χ4v) is 1.90. The third-order valence-electron chi connectivity index (χ3n) is 2.66. The van der Waals surface area contributed by atoms with Gasteiger partial charge in [0.25, 0.3) is 0 Å². The summed E-state index contributed by atoms with van der Waals surface area (Å²) in [6.07, 6.45) is 5.37. The maximum Gasteiger partial charge on any atom is 0.0322 e. The van der Waals surface area contributed by atoms with Crippen molar-refractivity contribution >= 4 is 11.6 Å². The van der Waals surface area contributed by atoms with Crippen LogP contribution >= 0.6 is 11.6 Å². The Labute approximate surface area is 80.9 Å². The predicted octanol–water partition coefficient (Wildman–Crippen LogP) is 2.78. The Balaban J connectivity index is 1.97. The molecule has 1 aliphatic carbocycles. The molecule has 2 unspecified atom stereocenters. The van der Waals surface area contributed by atoms with E-state index in [2.05, 4.69) is 19.2 Å². The summed E-state index contributed by atoms with van der Waals surface area (Å²) < 4.78 is 0. The van der Waals surface area contributed by atoms with Gasteiger partial charge in [0.15, 0.2) is 0 Å². The van der Waals surface area contributed by atoms with Crippen LogP contribution in [0, 0.1) is 5.92 Å². The summed E-state index contributed by atoms with van der Waals surface area (Å²) >= 11 is 5.90. The van der Waals surface area contributed by atoms with Crippen molar-refractivity contribution in [3.63, 3.8) is 0 Å². The number of halogens is 1. The number of alkyl halides is 1. The monoisotopic (exact) mass is 189 g/mol. The molecule has 0 heterocycles. The van der Waals surface area contributed by atoms with Gasteiger partial charge in [-0.2, -0.15) is 0 Å². The van der Waals surface area contributed by atoms with Crippen LogP contribution in [0.25, 0.3) is 0 Å². The van der Waals surface area contributed by atoms with Crippen LogP contribution in [0.4, 0.5) is 0 Å². The van der Waals surface area contributed by atoms with Gasteiger partial charge >= 0.3 is 0 Å². The van der Waals surface area contributed by atoms with Crippen LogP contribution in [-0.4, -0.2) is 18.0 Å². The van der Waals surface area contributed by atoms with Gasteiger partial charge in [-0.15, -0.1) is 11.6 Å². The van der Waals surface area contributed by atoms with Crippen molar-refractivity contribution in [2.45, 2.75) is 50.9 Å². The first-order valence-corrected chi connectivity index (χ1v) is 5.49. The summed E-state index contributed by atoms with van der Waals surface area (Å²) in [4.78, 5) is 0. The molecule has 1 fully saturated rings. The third kappa shape index (κ3) is 3.77. The van der Waals surface area contributed by atoms with E-state index in [4.69, 9.17) is 11.6 Å². The Morgan fingerprint density at radius 2 is 2.08 bits per heavy atom. The van der Waals surface area contributed by atoms with Gasteiger partial charge < -0.3 is 5.32 Å². The van der Waals surface area contributed by atoms with Crippen LogP contribution in [0.1, 0.15) is 39.5 Å². The number of hydrogen-bond acceptors (Lipinski definition) is 1. The highest BCUT2D eigenvalue weighted by Gasteiger charge is 2.17. The molecule has 0 aromatic heterocycles. The lowest BCUT2D eigenvalue weighted by Gasteiger charge is -2.27. The Bertz CT molecular complexity index is 121. The molecule has 0 aromatic carbocycles. The molecule has 0 saturated heterocycles. The minimum Gasteiger partial charge on any atom is -0.314 e. The van der Waals surface area contributed by atoms with Crippen molar-refractivity contribution in [3.05, 3.63) is 0 Å². The molecule has 0 aliphatic heterocycles. The van der Waals surface area contributed by atoms with Gasteiger partial charge in [0.05, 0.1) is 0 Å². The van der Waals surface area contributed by atoms with E-state index >= 15 is 0 Å². The molecule has 0 spiro atoms. The van der Waals surface area contributed by atoms with Crippen molar-refractivity contribution in [2.75, 3.05) is 6.54 Å². The number of hydrogen-bond donors (Lipinski definition) is 1. The van der Waals surface area contributed by atoms with Gasteiger partial charge in [-0.1, -0.05) is 6.42 Å². The summed E-state index contributed by atoms with van der Waals surface area (Å²) in [5, 5.41) is 3.83. The second-order valence-corrected chi connectivity index (χ2v) is 4.87. The standard InChI is InChI=1S/C10H20ClN/c1-8(11)6-9(2)12-7-10-4-3-5-10/h8-10,12H,3-7H2,1-2H3. The van der Waals surface area contributed by atoms with Gasteiger partial charge in [0.1, 0.15) is 0 Å². The fraction of sp³-hybridized carbons (Fsp3) is 1.00. The first kappa shape index (κ1) is 10.3. The minimum absolute atomic E-state index is 0.300. The van der Waals surface area contributed by atoms with Crippen molar-refractivity contribution < 1.29 is 0 Å². The zero-order valence-electron chi connectivity index (χ0n) is 8.15. The summed E-state index contributed by atoms with van der Waals surface area (Å²) in [6, 6.07) is 0.582. The molecule has 1 rings (SSSR count). The largest absolute Gasteiger partial charge is 0.314 e. The molecule has 0 bridgehead atoms. The molecular weight excluding hydrogens is 170 g/mol. The first-order valence-electron chi connectivity index (χ1n) is 5.06. The fourth-order valence-electron chi connectivity index (χ4n) is 1.64. The molecule has 12 heavy (non-hydrogen) atoms. The number of rotatable bonds is 5. The van der Waals surface area contributed by atoms with Crippen molar-refractivity contribution in [2.24, 2.45) is 5.92 Å². The lowest BCUT2D eigenvalue weighted by molar-refractivity contribution is 0.289. The van der Waals surface area contributed by atoms with E-state index in [0.29, 0.717) is 11.4 Å². The zero-order chi connectivity index (χ0) is 8.97. The molecule has 0 radical (unpaired) electrons. The van der Waals surface area contributed by atoms with Crippen LogP contribution in [0.3, 0.4) is 0 Å². The minimum atomic E-state index is 0.300. The van der Waals surface area contributed by atoms with E-state index in [1.165, 1.54) is 25.8 Å². The van der Waals surface area contributed by atoms with E-state index in [9.17, 15) is 0 Å². The van der Waals surface area contributed by atoms with Crippen molar-refractivity contribution in [3.8, 4) is 0 Å². The van der Waals surface area contributed by atoms with E-state index in [1.54, 1.807) is 0 Å². The molecule has 2 heteroatoms. The predicted molar refractivity (Wildman–Crippen MR) is 54.7 cm³/mol. The van der Waals surface area contributed by atoms with Crippen molar-refractivity contribution in [1.82, 2.24) is 5.32 Å². The maximum absolute atomic E-state index is 5.90. The topological polar surface area (TPSA) is 12.0 Å². The molecule has 1 saturated carbocycles. The van der Waals surface area contributed by atoms with Gasteiger partial charge in [-0.25, -0.2) is 0 Å². The molecule has 0 amide bonds. The van der Waals surface area contributed by atoms with Crippen LogP contribution in [0.15, 0.2) is 0 Å². The number of nitrogens with one attached hydrogen (secondary N) is 1. The van der Waals surface area contributed by atoms with E-state index in [-0.39, 0.29) is 0 Å². The molecule has 1 nitrogen and oxygen atoms in total.